The number of rotatable bonds is 3. The van der Waals surface area contributed by atoms with Gasteiger partial charge in [-0.15, -0.1) is 0 Å². The van der Waals surface area contributed by atoms with Crippen LogP contribution in [0.2, 0.25) is 5.02 Å². The predicted molar refractivity (Wildman–Crippen MR) is 83.2 cm³/mol. The lowest BCUT2D eigenvalue weighted by atomic mass is 10.0. The maximum absolute atomic E-state index is 12.1. The third-order valence-corrected chi connectivity index (χ3v) is 3.74. The normalized spacial score (nSPS) is 12.0. The fraction of sp³-hybridized carbons (Fsp3) is 0.235. The molecule has 2 nitrogen and oxygen atoms in total. The largest absolute Gasteiger partial charge is 0.346 e. The van der Waals surface area contributed by atoms with Gasteiger partial charge in [0, 0.05) is 10.6 Å². The molecule has 20 heavy (non-hydrogen) atoms. The average Bonchev–Trinajstić information content (AvgIpc) is 2.42. The van der Waals surface area contributed by atoms with E-state index in [4.69, 9.17) is 11.6 Å². The van der Waals surface area contributed by atoms with Crippen LogP contribution in [-0.4, -0.2) is 5.91 Å². The topological polar surface area (TPSA) is 29.1 Å². The third-order valence-electron chi connectivity index (χ3n) is 3.48. The van der Waals surface area contributed by atoms with E-state index in [1.165, 1.54) is 11.1 Å². The smallest absolute Gasteiger partial charge is 0.251 e. The first-order valence-corrected chi connectivity index (χ1v) is 6.99. The molecule has 0 aliphatic heterocycles. The summed E-state index contributed by atoms with van der Waals surface area (Å²) in [6, 6.07) is 13.1. The Morgan fingerprint density at radius 2 is 1.70 bits per heavy atom. The zero-order valence-corrected chi connectivity index (χ0v) is 12.7. The van der Waals surface area contributed by atoms with E-state index in [9.17, 15) is 4.79 Å². The van der Waals surface area contributed by atoms with Crippen LogP contribution in [0.4, 0.5) is 0 Å². The second-order valence-corrected chi connectivity index (χ2v) is 5.48. The van der Waals surface area contributed by atoms with Gasteiger partial charge >= 0.3 is 0 Å². The summed E-state index contributed by atoms with van der Waals surface area (Å²) in [5.74, 6) is -0.0904. The van der Waals surface area contributed by atoms with Crippen molar-refractivity contribution in [2.75, 3.05) is 0 Å². The van der Waals surface area contributed by atoms with Gasteiger partial charge in [0.2, 0.25) is 0 Å². The van der Waals surface area contributed by atoms with Gasteiger partial charge in [-0.1, -0.05) is 29.8 Å². The Bertz CT molecular complexity index is 619. The zero-order chi connectivity index (χ0) is 14.7. The molecule has 0 spiro atoms. The highest BCUT2D eigenvalue weighted by Gasteiger charge is 2.11. The van der Waals surface area contributed by atoms with Gasteiger partial charge in [0.15, 0.2) is 0 Å². The Kier molecular flexibility index (Phi) is 4.46. The van der Waals surface area contributed by atoms with Crippen molar-refractivity contribution >= 4 is 17.5 Å². The molecule has 0 aliphatic rings. The monoisotopic (exact) mass is 287 g/mol. The fourth-order valence-electron chi connectivity index (χ4n) is 2.00. The van der Waals surface area contributed by atoms with Gasteiger partial charge in [-0.25, -0.2) is 0 Å². The highest BCUT2D eigenvalue weighted by atomic mass is 35.5. The molecule has 3 heteroatoms. The van der Waals surface area contributed by atoms with Crippen molar-refractivity contribution in [3.8, 4) is 0 Å². The Morgan fingerprint density at radius 3 is 2.30 bits per heavy atom. The second kappa shape index (κ2) is 6.10. The number of nitrogens with one attached hydrogen (secondary N) is 1. The number of aryl methyl sites for hydroxylation is 2. The van der Waals surface area contributed by atoms with Crippen LogP contribution < -0.4 is 5.32 Å². The molecule has 0 bridgehead atoms. The summed E-state index contributed by atoms with van der Waals surface area (Å²) in [6.07, 6.45) is 0. The molecule has 1 atom stereocenters. The molecule has 1 N–H and O–H groups in total. The van der Waals surface area contributed by atoms with Crippen LogP contribution in [0, 0.1) is 13.8 Å². The molecular weight excluding hydrogens is 270 g/mol. The molecule has 2 aromatic rings. The number of carbonyl (C=O) groups is 1. The number of carbonyl (C=O) groups excluding carboxylic acids is 1. The molecule has 0 aliphatic carbocycles. The molecular formula is C17H18ClNO. The SMILES string of the molecule is Cc1ccc([C@@H](C)NC(=O)c2ccc(Cl)cc2)cc1C. The Balaban J connectivity index is 2.10. The molecule has 1 amide bonds. The van der Waals surface area contributed by atoms with E-state index in [0.29, 0.717) is 10.6 Å². The lowest BCUT2D eigenvalue weighted by Gasteiger charge is -2.15. The van der Waals surface area contributed by atoms with Crippen molar-refractivity contribution < 1.29 is 4.79 Å². The number of amides is 1. The van der Waals surface area contributed by atoms with Gasteiger partial charge < -0.3 is 5.32 Å². The standard InChI is InChI=1S/C17H18ClNO/c1-11-4-5-15(10-12(11)2)13(3)19-17(20)14-6-8-16(18)9-7-14/h4-10,13H,1-3H3,(H,19,20)/t13-/m1/s1. The Morgan fingerprint density at radius 1 is 1.05 bits per heavy atom. The lowest BCUT2D eigenvalue weighted by Crippen LogP contribution is -2.26. The lowest BCUT2D eigenvalue weighted by molar-refractivity contribution is 0.0940. The Hall–Kier alpha value is -1.80. The number of benzene rings is 2. The summed E-state index contributed by atoms with van der Waals surface area (Å²) < 4.78 is 0. The van der Waals surface area contributed by atoms with Gasteiger partial charge in [0.25, 0.3) is 5.91 Å². The number of halogens is 1. The molecule has 0 aromatic heterocycles. The van der Waals surface area contributed by atoms with E-state index in [1.54, 1.807) is 24.3 Å². The second-order valence-electron chi connectivity index (χ2n) is 5.05. The van der Waals surface area contributed by atoms with Crippen LogP contribution in [0.5, 0.6) is 0 Å². The van der Waals surface area contributed by atoms with Crippen molar-refractivity contribution in [3.05, 3.63) is 69.7 Å². The first kappa shape index (κ1) is 14.6. The summed E-state index contributed by atoms with van der Waals surface area (Å²) in [7, 11) is 0. The van der Waals surface area contributed by atoms with Crippen molar-refractivity contribution in [1.82, 2.24) is 5.32 Å². The fourth-order valence-corrected chi connectivity index (χ4v) is 2.12. The van der Waals surface area contributed by atoms with Gasteiger partial charge in [-0.2, -0.15) is 0 Å². The van der Waals surface area contributed by atoms with E-state index >= 15 is 0 Å². The first-order valence-electron chi connectivity index (χ1n) is 6.61. The van der Waals surface area contributed by atoms with Crippen LogP contribution in [0.15, 0.2) is 42.5 Å². The van der Waals surface area contributed by atoms with Crippen LogP contribution in [0.1, 0.15) is 40.0 Å². The quantitative estimate of drug-likeness (QED) is 0.888. The van der Waals surface area contributed by atoms with Gasteiger partial charge in [0.1, 0.15) is 0 Å². The maximum atomic E-state index is 12.1. The third kappa shape index (κ3) is 3.40. The summed E-state index contributed by atoms with van der Waals surface area (Å²) >= 11 is 5.82. The molecule has 104 valence electrons. The summed E-state index contributed by atoms with van der Waals surface area (Å²) in [6.45, 7) is 6.14. The molecule has 0 fully saturated rings. The van der Waals surface area contributed by atoms with Gasteiger partial charge in [-0.3, -0.25) is 4.79 Å². The molecule has 0 heterocycles. The predicted octanol–water partition coefficient (Wildman–Crippen LogP) is 4.45. The van der Waals surface area contributed by atoms with Crippen LogP contribution >= 0.6 is 11.6 Å². The van der Waals surface area contributed by atoms with E-state index < -0.39 is 0 Å². The van der Waals surface area contributed by atoms with Crippen LogP contribution in [-0.2, 0) is 0 Å². The van der Waals surface area contributed by atoms with Crippen LogP contribution in [0.3, 0.4) is 0 Å². The number of hydrogen-bond acceptors (Lipinski definition) is 1. The summed E-state index contributed by atoms with van der Waals surface area (Å²) in [5.41, 5.74) is 4.21. The van der Waals surface area contributed by atoms with Crippen molar-refractivity contribution in [3.63, 3.8) is 0 Å². The average molecular weight is 288 g/mol. The highest BCUT2D eigenvalue weighted by molar-refractivity contribution is 6.30. The molecule has 0 saturated heterocycles. The van der Waals surface area contributed by atoms with Crippen LogP contribution in [0.25, 0.3) is 0 Å². The van der Waals surface area contributed by atoms with Crippen molar-refractivity contribution in [1.29, 1.82) is 0 Å². The minimum atomic E-state index is -0.0904. The first-order chi connectivity index (χ1) is 9.47. The van der Waals surface area contributed by atoms with Crippen molar-refractivity contribution in [2.45, 2.75) is 26.8 Å². The number of hydrogen-bond donors (Lipinski definition) is 1. The zero-order valence-electron chi connectivity index (χ0n) is 11.9. The maximum Gasteiger partial charge on any atom is 0.251 e. The van der Waals surface area contributed by atoms with Gasteiger partial charge in [0.05, 0.1) is 6.04 Å². The minimum Gasteiger partial charge on any atom is -0.346 e. The molecule has 2 rings (SSSR count). The van der Waals surface area contributed by atoms with E-state index in [1.807, 2.05) is 6.92 Å². The van der Waals surface area contributed by atoms with Gasteiger partial charge in [-0.05, 0) is 61.7 Å². The van der Waals surface area contributed by atoms with E-state index in [0.717, 1.165) is 5.56 Å². The molecule has 2 aromatic carbocycles. The van der Waals surface area contributed by atoms with E-state index in [-0.39, 0.29) is 11.9 Å². The summed E-state index contributed by atoms with van der Waals surface area (Å²) in [4.78, 5) is 12.1. The Labute approximate surface area is 124 Å². The molecule has 0 unspecified atom stereocenters. The molecule has 0 radical (unpaired) electrons. The molecule has 0 saturated carbocycles. The van der Waals surface area contributed by atoms with Crippen molar-refractivity contribution in [2.24, 2.45) is 0 Å². The highest BCUT2D eigenvalue weighted by Crippen LogP contribution is 2.17. The minimum absolute atomic E-state index is 0.0301. The van der Waals surface area contributed by atoms with E-state index in [2.05, 4.69) is 37.4 Å². The summed E-state index contributed by atoms with van der Waals surface area (Å²) in [5, 5.41) is 3.63.